The van der Waals surface area contributed by atoms with E-state index >= 15 is 0 Å². The van der Waals surface area contributed by atoms with E-state index in [0.29, 0.717) is 29.5 Å². The Hall–Kier alpha value is -3.07. The molecule has 8 nitrogen and oxygen atoms in total. The molecule has 4 rings (SSSR count). The number of rotatable bonds is 4. The van der Waals surface area contributed by atoms with Gasteiger partial charge < -0.3 is 9.88 Å². The number of pyridine rings is 1. The summed E-state index contributed by atoms with van der Waals surface area (Å²) in [4.78, 5) is 34.7. The Balaban J connectivity index is 1.39. The number of hydrogen-bond donors (Lipinski definition) is 2. The van der Waals surface area contributed by atoms with Crippen LogP contribution in [0.3, 0.4) is 0 Å². The van der Waals surface area contributed by atoms with E-state index in [-0.39, 0.29) is 23.7 Å². The average Bonchev–Trinajstić information content (AvgIpc) is 3.40. The van der Waals surface area contributed by atoms with Crippen molar-refractivity contribution in [3.63, 3.8) is 0 Å². The summed E-state index contributed by atoms with van der Waals surface area (Å²) in [6.45, 7) is 1.08. The van der Waals surface area contributed by atoms with Gasteiger partial charge in [0.15, 0.2) is 5.82 Å². The fourth-order valence-electron chi connectivity index (χ4n) is 3.09. The van der Waals surface area contributed by atoms with Crippen molar-refractivity contribution in [2.75, 3.05) is 18.4 Å². The molecule has 1 aliphatic heterocycles. The van der Waals surface area contributed by atoms with Crippen molar-refractivity contribution in [1.29, 1.82) is 0 Å². The molecule has 0 aromatic carbocycles. The molecule has 1 unspecified atom stereocenters. The van der Waals surface area contributed by atoms with Gasteiger partial charge in [0.1, 0.15) is 5.69 Å². The third-order valence-corrected chi connectivity index (χ3v) is 5.31. The first-order valence-corrected chi connectivity index (χ1v) is 9.56. The first-order valence-electron chi connectivity index (χ1n) is 8.68. The lowest BCUT2D eigenvalue weighted by Gasteiger charge is -2.31. The number of aromatic amines is 1. The van der Waals surface area contributed by atoms with Crippen LogP contribution in [0.5, 0.6) is 0 Å². The van der Waals surface area contributed by atoms with Crippen molar-refractivity contribution >= 4 is 29.1 Å². The number of nitrogens with one attached hydrogen (secondary N) is 2. The zero-order valence-corrected chi connectivity index (χ0v) is 15.3. The highest BCUT2D eigenvalue weighted by Gasteiger charge is 2.29. The normalized spacial score (nSPS) is 16.9. The number of hydrogen-bond acceptors (Lipinski definition) is 6. The van der Waals surface area contributed by atoms with Crippen molar-refractivity contribution in [2.24, 2.45) is 5.92 Å². The van der Waals surface area contributed by atoms with Gasteiger partial charge in [-0.15, -0.1) is 21.5 Å². The fraction of sp³-hybridized carbons (Fsp3) is 0.278. The number of thiophene rings is 1. The summed E-state index contributed by atoms with van der Waals surface area (Å²) in [5.74, 6) is 0.319. The molecule has 1 aliphatic rings. The Kier molecular flexibility index (Phi) is 4.93. The molecule has 2 N–H and O–H groups in total. The summed E-state index contributed by atoms with van der Waals surface area (Å²) in [6, 6.07) is 9.14. The van der Waals surface area contributed by atoms with Crippen LogP contribution in [0, 0.1) is 5.92 Å². The van der Waals surface area contributed by atoms with Crippen LogP contribution in [-0.4, -0.2) is 50.0 Å². The van der Waals surface area contributed by atoms with Crippen LogP contribution in [-0.2, 0) is 4.79 Å². The summed E-state index contributed by atoms with van der Waals surface area (Å²) in [6.07, 6.45) is 3.20. The summed E-state index contributed by atoms with van der Waals surface area (Å²) >= 11 is 1.42. The zero-order valence-electron chi connectivity index (χ0n) is 14.5. The number of amides is 2. The van der Waals surface area contributed by atoms with Crippen molar-refractivity contribution in [3.8, 4) is 11.5 Å². The molecule has 1 fully saturated rings. The lowest BCUT2D eigenvalue weighted by Crippen LogP contribution is -2.43. The van der Waals surface area contributed by atoms with Gasteiger partial charge in [-0.2, -0.15) is 0 Å². The highest BCUT2D eigenvalue weighted by Crippen LogP contribution is 2.22. The maximum atomic E-state index is 12.6. The van der Waals surface area contributed by atoms with Crippen LogP contribution in [0.25, 0.3) is 11.5 Å². The predicted octanol–water partition coefficient (Wildman–Crippen LogP) is 2.42. The number of aromatic nitrogens is 4. The number of carbonyl (C=O) groups is 2. The van der Waals surface area contributed by atoms with Crippen molar-refractivity contribution in [2.45, 2.75) is 12.8 Å². The largest absolute Gasteiger partial charge is 0.337 e. The van der Waals surface area contributed by atoms with Gasteiger partial charge in [-0.3, -0.25) is 19.9 Å². The van der Waals surface area contributed by atoms with Crippen LogP contribution >= 0.6 is 11.3 Å². The van der Waals surface area contributed by atoms with E-state index < -0.39 is 0 Å². The minimum Gasteiger partial charge on any atom is -0.337 e. The molecule has 4 heterocycles. The molecule has 1 atom stereocenters. The van der Waals surface area contributed by atoms with Gasteiger partial charge in [-0.25, -0.2) is 0 Å². The second-order valence-corrected chi connectivity index (χ2v) is 7.24. The first kappa shape index (κ1) is 17.3. The Labute approximate surface area is 159 Å². The van der Waals surface area contributed by atoms with E-state index in [1.165, 1.54) is 11.3 Å². The number of anilines is 1. The highest BCUT2D eigenvalue weighted by atomic mass is 32.1. The van der Waals surface area contributed by atoms with E-state index in [4.69, 9.17) is 0 Å². The van der Waals surface area contributed by atoms with Crippen LogP contribution in [0.4, 0.5) is 5.95 Å². The minimum atomic E-state index is -0.272. The average molecular weight is 382 g/mol. The highest BCUT2D eigenvalue weighted by molar-refractivity contribution is 7.12. The third-order valence-electron chi connectivity index (χ3n) is 4.45. The van der Waals surface area contributed by atoms with Crippen LogP contribution in [0.15, 0.2) is 41.9 Å². The number of carbonyl (C=O) groups excluding carboxylic acids is 2. The molecule has 1 saturated heterocycles. The fourth-order valence-corrected chi connectivity index (χ4v) is 3.78. The van der Waals surface area contributed by atoms with E-state index in [1.54, 1.807) is 17.2 Å². The Bertz CT molecular complexity index is 925. The predicted molar refractivity (Wildman–Crippen MR) is 101 cm³/mol. The first-order chi connectivity index (χ1) is 13.2. The molecule has 138 valence electrons. The SMILES string of the molecule is O=C(Nc1nnc(-c2ccccn2)[nH]1)C1CCCN(C(=O)c2cccs2)C1. The maximum absolute atomic E-state index is 12.6. The molecule has 9 heteroatoms. The number of nitrogens with zero attached hydrogens (tertiary/aromatic N) is 4. The molecule has 0 aliphatic carbocycles. The van der Waals surface area contributed by atoms with Gasteiger partial charge in [0.2, 0.25) is 11.9 Å². The molecular formula is C18H18N6O2S. The van der Waals surface area contributed by atoms with Gasteiger partial charge in [-0.05, 0) is 36.4 Å². The van der Waals surface area contributed by atoms with Gasteiger partial charge >= 0.3 is 0 Å². The number of H-pyrrole nitrogens is 1. The second-order valence-electron chi connectivity index (χ2n) is 6.29. The Morgan fingerprint density at radius 1 is 1.22 bits per heavy atom. The Morgan fingerprint density at radius 3 is 2.93 bits per heavy atom. The molecule has 0 saturated carbocycles. The molecule has 0 bridgehead atoms. The van der Waals surface area contributed by atoms with Crippen LogP contribution in [0.1, 0.15) is 22.5 Å². The minimum absolute atomic E-state index is 0.0143. The lowest BCUT2D eigenvalue weighted by atomic mass is 9.97. The van der Waals surface area contributed by atoms with Gasteiger partial charge in [0.25, 0.3) is 5.91 Å². The summed E-state index contributed by atoms with van der Waals surface area (Å²) in [5.41, 5.74) is 0.649. The second kappa shape index (κ2) is 7.67. The van der Waals surface area contributed by atoms with Gasteiger partial charge in [-0.1, -0.05) is 12.1 Å². The van der Waals surface area contributed by atoms with Crippen molar-refractivity contribution in [1.82, 2.24) is 25.1 Å². The molecule has 27 heavy (non-hydrogen) atoms. The summed E-state index contributed by atoms with van der Waals surface area (Å²) < 4.78 is 0. The van der Waals surface area contributed by atoms with E-state index in [9.17, 15) is 9.59 Å². The molecule has 0 spiro atoms. The van der Waals surface area contributed by atoms with Crippen LogP contribution < -0.4 is 5.32 Å². The molecule has 0 radical (unpaired) electrons. The van der Waals surface area contributed by atoms with E-state index in [1.807, 2.05) is 29.6 Å². The third kappa shape index (κ3) is 3.87. The quantitative estimate of drug-likeness (QED) is 0.721. The van der Waals surface area contributed by atoms with E-state index in [2.05, 4.69) is 25.5 Å². The van der Waals surface area contributed by atoms with Crippen molar-refractivity contribution < 1.29 is 9.59 Å². The monoisotopic (exact) mass is 382 g/mol. The molecular weight excluding hydrogens is 364 g/mol. The standard InChI is InChI=1S/C18H18N6O2S/c25-16(21-18-20-15(22-23-18)13-6-1-2-8-19-13)12-5-3-9-24(11-12)17(26)14-7-4-10-27-14/h1-2,4,6-8,10,12H,3,5,9,11H2,(H2,20,21,22,23,25). The van der Waals surface area contributed by atoms with E-state index in [0.717, 1.165) is 12.8 Å². The summed E-state index contributed by atoms with van der Waals surface area (Å²) in [5, 5.41) is 12.6. The Morgan fingerprint density at radius 2 is 2.15 bits per heavy atom. The zero-order chi connectivity index (χ0) is 18.6. The molecule has 3 aromatic heterocycles. The number of piperidine rings is 1. The topological polar surface area (TPSA) is 104 Å². The summed E-state index contributed by atoms with van der Waals surface area (Å²) in [7, 11) is 0. The maximum Gasteiger partial charge on any atom is 0.263 e. The van der Waals surface area contributed by atoms with Gasteiger partial charge in [0.05, 0.1) is 10.8 Å². The lowest BCUT2D eigenvalue weighted by molar-refractivity contribution is -0.121. The molecule has 2 amide bonds. The van der Waals surface area contributed by atoms with Crippen molar-refractivity contribution in [3.05, 3.63) is 46.8 Å². The smallest absolute Gasteiger partial charge is 0.263 e. The van der Waals surface area contributed by atoms with Gasteiger partial charge in [0, 0.05) is 19.3 Å². The molecule has 3 aromatic rings. The van der Waals surface area contributed by atoms with Crippen LogP contribution in [0.2, 0.25) is 0 Å². The number of likely N-dealkylation sites (tertiary alicyclic amines) is 1.